The summed E-state index contributed by atoms with van der Waals surface area (Å²) >= 11 is 0. The molecule has 1 aromatic carbocycles. The molecule has 1 aliphatic rings. The van der Waals surface area contributed by atoms with Gasteiger partial charge in [-0.2, -0.15) is 0 Å². The normalized spacial score (nSPS) is 14.5. The first-order valence-corrected chi connectivity index (χ1v) is 9.00. The van der Waals surface area contributed by atoms with Crippen molar-refractivity contribution in [2.75, 3.05) is 38.2 Å². The van der Waals surface area contributed by atoms with E-state index in [1.54, 1.807) is 17.0 Å². The fourth-order valence-corrected chi connectivity index (χ4v) is 3.26. The van der Waals surface area contributed by atoms with E-state index in [2.05, 4.69) is 5.32 Å². The third-order valence-corrected chi connectivity index (χ3v) is 4.71. The van der Waals surface area contributed by atoms with Crippen LogP contribution >= 0.6 is 0 Å². The number of nitrogens with zero attached hydrogens (tertiary/aromatic N) is 3. The van der Waals surface area contributed by atoms with Gasteiger partial charge in [0.1, 0.15) is 22.9 Å². The number of morpholine rings is 1. The summed E-state index contributed by atoms with van der Waals surface area (Å²) in [6, 6.07) is 11.0. The number of aryl methyl sites for hydroxylation is 1. The van der Waals surface area contributed by atoms with Gasteiger partial charge in [0.05, 0.1) is 19.8 Å². The fraction of sp³-hybridized carbons (Fsp3) is 0.300. The van der Waals surface area contributed by atoms with Gasteiger partial charge in [0.15, 0.2) is 0 Å². The van der Waals surface area contributed by atoms with E-state index in [1.165, 1.54) is 0 Å². The van der Waals surface area contributed by atoms with Crippen LogP contribution in [0.3, 0.4) is 0 Å². The Morgan fingerprint density at radius 3 is 2.81 bits per heavy atom. The minimum Gasteiger partial charge on any atom is -0.507 e. The van der Waals surface area contributed by atoms with Gasteiger partial charge in [-0.05, 0) is 36.8 Å². The molecule has 2 aromatic heterocycles. The van der Waals surface area contributed by atoms with Gasteiger partial charge in [-0.25, -0.2) is 4.98 Å². The quantitative estimate of drug-likeness (QED) is 0.741. The Balaban J connectivity index is 1.68. The lowest BCUT2D eigenvalue weighted by Crippen LogP contribution is -2.43. The van der Waals surface area contributed by atoms with Crippen molar-refractivity contribution in [1.82, 2.24) is 14.3 Å². The largest absolute Gasteiger partial charge is 0.507 e. The molecule has 0 unspecified atom stereocenters. The highest BCUT2D eigenvalue weighted by Crippen LogP contribution is 2.34. The molecule has 0 radical (unpaired) electrons. The second-order valence-corrected chi connectivity index (χ2v) is 6.61. The number of carbonyl (C=O) groups is 1. The number of anilines is 1. The Bertz CT molecular complexity index is 977. The highest BCUT2D eigenvalue weighted by molar-refractivity contribution is 5.85. The summed E-state index contributed by atoms with van der Waals surface area (Å²) in [5, 5.41) is 13.5. The van der Waals surface area contributed by atoms with Crippen molar-refractivity contribution in [2.24, 2.45) is 0 Å². The van der Waals surface area contributed by atoms with Gasteiger partial charge in [0.2, 0.25) is 5.91 Å². The van der Waals surface area contributed by atoms with Crippen LogP contribution in [0.25, 0.3) is 16.9 Å². The second kappa shape index (κ2) is 7.28. The van der Waals surface area contributed by atoms with Crippen LogP contribution in [0.1, 0.15) is 5.56 Å². The summed E-state index contributed by atoms with van der Waals surface area (Å²) in [6.07, 6.45) is 1.92. The Morgan fingerprint density at radius 2 is 2.04 bits per heavy atom. The number of carbonyl (C=O) groups excluding carboxylic acids is 1. The zero-order valence-electron chi connectivity index (χ0n) is 15.2. The van der Waals surface area contributed by atoms with Crippen LogP contribution in [0.4, 0.5) is 5.82 Å². The van der Waals surface area contributed by atoms with E-state index < -0.39 is 0 Å². The van der Waals surface area contributed by atoms with Crippen molar-refractivity contribution in [2.45, 2.75) is 6.92 Å². The van der Waals surface area contributed by atoms with Crippen molar-refractivity contribution >= 4 is 17.4 Å². The number of hydrogen-bond donors (Lipinski definition) is 2. The number of rotatable bonds is 4. The van der Waals surface area contributed by atoms with Crippen molar-refractivity contribution in [3.8, 4) is 17.0 Å². The maximum atomic E-state index is 12.5. The van der Waals surface area contributed by atoms with Crippen molar-refractivity contribution < 1.29 is 14.6 Å². The predicted molar refractivity (Wildman–Crippen MR) is 103 cm³/mol. The van der Waals surface area contributed by atoms with Crippen molar-refractivity contribution in [3.05, 3.63) is 48.2 Å². The Morgan fingerprint density at radius 1 is 1.26 bits per heavy atom. The lowest BCUT2D eigenvalue weighted by atomic mass is 10.1. The maximum Gasteiger partial charge on any atom is 0.242 e. The van der Waals surface area contributed by atoms with Crippen LogP contribution in [0.5, 0.6) is 5.75 Å². The Hall–Kier alpha value is -3.06. The molecule has 4 rings (SSSR count). The highest BCUT2D eigenvalue weighted by Gasteiger charge is 2.20. The maximum absolute atomic E-state index is 12.5. The van der Waals surface area contributed by atoms with Crippen LogP contribution in [0.2, 0.25) is 0 Å². The summed E-state index contributed by atoms with van der Waals surface area (Å²) in [5.74, 6) is 0.858. The first kappa shape index (κ1) is 17.4. The van der Waals surface area contributed by atoms with Gasteiger partial charge >= 0.3 is 0 Å². The molecule has 1 saturated heterocycles. The minimum atomic E-state index is 0.0172. The number of ether oxygens (including phenoxy) is 1. The molecule has 0 spiro atoms. The Labute approximate surface area is 157 Å². The third kappa shape index (κ3) is 3.46. The van der Waals surface area contributed by atoms with E-state index in [0.717, 1.165) is 11.2 Å². The van der Waals surface area contributed by atoms with Gasteiger partial charge in [-0.15, -0.1) is 0 Å². The van der Waals surface area contributed by atoms with E-state index in [4.69, 9.17) is 9.72 Å². The fourth-order valence-electron chi connectivity index (χ4n) is 3.26. The summed E-state index contributed by atoms with van der Waals surface area (Å²) < 4.78 is 7.21. The SMILES string of the molecule is Cc1ccn2c(NCC(=O)N3CCOCC3)c(-c3ccccc3O)nc2c1. The molecule has 7 heteroatoms. The summed E-state index contributed by atoms with van der Waals surface area (Å²) in [7, 11) is 0. The lowest BCUT2D eigenvalue weighted by Gasteiger charge is -2.27. The molecule has 3 aromatic rings. The molecule has 2 N–H and O–H groups in total. The molecular weight excluding hydrogens is 344 g/mol. The average Bonchev–Trinajstić information content (AvgIpc) is 3.04. The summed E-state index contributed by atoms with van der Waals surface area (Å²) in [6.45, 7) is 4.53. The van der Waals surface area contributed by atoms with Crippen LogP contribution in [0.15, 0.2) is 42.6 Å². The number of pyridine rings is 1. The van der Waals surface area contributed by atoms with Gasteiger partial charge < -0.3 is 20.1 Å². The molecule has 0 bridgehead atoms. The number of fused-ring (bicyclic) bond motifs is 1. The smallest absolute Gasteiger partial charge is 0.242 e. The van der Waals surface area contributed by atoms with E-state index in [0.29, 0.717) is 43.4 Å². The molecule has 0 aliphatic carbocycles. The predicted octanol–water partition coefficient (Wildman–Crippen LogP) is 2.29. The highest BCUT2D eigenvalue weighted by atomic mass is 16.5. The molecule has 1 amide bonds. The molecule has 0 atom stereocenters. The first-order chi connectivity index (χ1) is 13.1. The number of phenols is 1. The van der Waals surface area contributed by atoms with E-state index in [9.17, 15) is 9.90 Å². The first-order valence-electron chi connectivity index (χ1n) is 9.00. The molecule has 1 fully saturated rings. The number of aromatic hydroxyl groups is 1. The number of phenolic OH excluding ortho intramolecular Hbond substituents is 1. The Kier molecular flexibility index (Phi) is 4.68. The van der Waals surface area contributed by atoms with E-state index in [-0.39, 0.29) is 18.2 Å². The van der Waals surface area contributed by atoms with Crippen LogP contribution in [-0.2, 0) is 9.53 Å². The standard InChI is InChI=1S/C20H22N4O3/c1-14-6-7-24-17(12-14)22-19(15-4-2-3-5-16(15)25)20(24)21-13-18(26)23-8-10-27-11-9-23/h2-7,12,21,25H,8-11,13H2,1H3. The van der Waals surface area contributed by atoms with Gasteiger partial charge in [0, 0.05) is 24.8 Å². The second-order valence-electron chi connectivity index (χ2n) is 6.61. The number of nitrogens with one attached hydrogen (secondary N) is 1. The number of amides is 1. The number of aromatic nitrogens is 2. The molecule has 7 nitrogen and oxygen atoms in total. The van der Waals surface area contributed by atoms with Crippen LogP contribution < -0.4 is 5.32 Å². The number of imidazole rings is 1. The average molecular weight is 366 g/mol. The molecule has 140 valence electrons. The van der Waals surface area contributed by atoms with Gasteiger partial charge in [-0.1, -0.05) is 12.1 Å². The zero-order valence-corrected chi connectivity index (χ0v) is 15.2. The summed E-state index contributed by atoms with van der Waals surface area (Å²) in [4.78, 5) is 19.0. The van der Waals surface area contributed by atoms with E-state index >= 15 is 0 Å². The lowest BCUT2D eigenvalue weighted by molar-refractivity contribution is -0.133. The monoisotopic (exact) mass is 366 g/mol. The van der Waals surface area contributed by atoms with Crippen molar-refractivity contribution in [1.29, 1.82) is 0 Å². The number of para-hydroxylation sites is 1. The topological polar surface area (TPSA) is 79.1 Å². The minimum absolute atomic E-state index is 0.0172. The van der Waals surface area contributed by atoms with Crippen LogP contribution in [0, 0.1) is 6.92 Å². The number of benzene rings is 1. The summed E-state index contributed by atoms with van der Waals surface area (Å²) in [5.41, 5.74) is 3.09. The number of hydrogen-bond acceptors (Lipinski definition) is 5. The molecule has 3 heterocycles. The zero-order chi connectivity index (χ0) is 18.8. The molecule has 0 saturated carbocycles. The van der Waals surface area contributed by atoms with Gasteiger partial charge in [0.25, 0.3) is 0 Å². The molecule has 27 heavy (non-hydrogen) atoms. The van der Waals surface area contributed by atoms with Crippen molar-refractivity contribution in [3.63, 3.8) is 0 Å². The molecular formula is C20H22N4O3. The van der Waals surface area contributed by atoms with E-state index in [1.807, 2.05) is 41.8 Å². The van der Waals surface area contributed by atoms with Crippen LogP contribution in [-0.4, -0.2) is 58.1 Å². The third-order valence-electron chi connectivity index (χ3n) is 4.71. The van der Waals surface area contributed by atoms with Gasteiger partial charge in [-0.3, -0.25) is 9.20 Å². The molecule has 1 aliphatic heterocycles.